The Bertz CT molecular complexity index is 3850. The van der Waals surface area contributed by atoms with Crippen molar-refractivity contribution in [3.05, 3.63) is 201 Å². The van der Waals surface area contributed by atoms with Crippen LogP contribution >= 0.6 is 0 Å². The number of aryl methyl sites for hydroxylation is 2. The highest BCUT2D eigenvalue weighted by Crippen LogP contribution is 2.57. The average molecular weight is 1030 g/mol. The van der Waals surface area contributed by atoms with Crippen LogP contribution in [0, 0.1) is 13.8 Å². The summed E-state index contributed by atoms with van der Waals surface area (Å²) in [5, 5.41) is 0. The number of benzene rings is 8. The lowest BCUT2D eigenvalue weighted by Crippen LogP contribution is -2.62. The molecule has 0 saturated heterocycles. The van der Waals surface area contributed by atoms with Gasteiger partial charge >= 0.3 is 0 Å². The summed E-state index contributed by atoms with van der Waals surface area (Å²) in [6.07, 6.45) is 7.91. The predicted molar refractivity (Wildman–Crippen MR) is 339 cm³/mol. The summed E-state index contributed by atoms with van der Waals surface area (Å²) in [7, 11) is 0. The third kappa shape index (κ3) is 7.44. The van der Waals surface area contributed by atoms with Gasteiger partial charge in [-0.2, -0.15) is 0 Å². The first-order chi connectivity index (χ1) is 37.5. The van der Waals surface area contributed by atoms with E-state index < -0.39 is 0 Å². The van der Waals surface area contributed by atoms with Crippen LogP contribution in [-0.4, -0.2) is 6.71 Å². The number of hydrogen-bond donors (Lipinski definition) is 0. The minimum absolute atomic E-state index is 0.00128. The summed E-state index contributed by atoms with van der Waals surface area (Å²) in [5.74, 6) is 0. The van der Waals surface area contributed by atoms with Crippen LogP contribution in [0.4, 0.5) is 51.2 Å². The summed E-state index contributed by atoms with van der Waals surface area (Å²) in [5.41, 5.74) is 32.6. The average Bonchev–Trinajstić information content (AvgIpc) is 3.97. The van der Waals surface area contributed by atoms with E-state index in [1.54, 1.807) is 0 Å². The Balaban J connectivity index is 1.18. The van der Waals surface area contributed by atoms with Crippen LogP contribution in [0.5, 0.6) is 0 Å². The molecule has 0 fully saturated rings. The molecule has 3 nitrogen and oxygen atoms in total. The normalized spacial score (nSPS) is 19.4. The van der Waals surface area contributed by atoms with E-state index in [-0.39, 0.29) is 39.2 Å². The molecular formula is C75H80BN3. The first-order valence-corrected chi connectivity index (χ1v) is 29.9. The Hall–Kier alpha value is -6.78. The van der Waals surface area contributed by atoms with Gasteiger partial charge in [-0.1, -0.05) is 174 Å². The standard InChI is InChI=1S/C75H80BN3/c1-46-22-15-19-27-61(46)78(62-28-20-16-23-47(62)2)51-40-66-69-67(41-51)79(63-29-21-25-49-38-48-24-17-18-26-52(48)68(49)63)65-45-58-56(73(9,10)35-37-75(58,13)14)43-60(65)76(69)59-42-55-57(74(11,12)36-34-72(55,7)8)44-64(59)77(66)50-30-31-53-54(39-50)71(5,6)33-32-70(53,3)4/h15-31,39-45H,32-38H2,1-14H3. The van der Waals surface area contributed by atoms with Crippen molar-refractivity contribution in [1.29, 1.82) is 0 Å². The lowest BCUT2D eigenvalue weighted by molar-refractivity contribution is 0.332. The molecule has 4 aliphatic carbocycles. The van der Waals surface area contributed by atoms with Crippen LogP contribution in [-0.2, 0) is 38.9 Å². The van der Waals surface area contributed by atoms with Gasteiger partial charge < -0.3 is 14.7 Å². The summed E-state index contributed by atoms with van der Waals surface area (Å²) in [6, 6.07) is 58.2. The quantitative estimate of drug-likeness (QED) is 0.159. The Morgan fingerprint density at radius 1 is 0.380 bits per heavy atom. The minimum atomic E-state index is -0.0313. The van der Waals surface area contributed by atoms with Crippen LogP contribution in [0.3, 0.4) is 0 Å². The monoisotopic (exact) mass is 1030 g/mol. The Morgan fingerprint density at radius 2 is 0.823 bits per heavy atom. The largest absolute Gasteiger partial charge is 0.311 e. The maximum absolute atomic E-state index is 2.77. The van der Waals surface area contributed by atoms with E-state index in [2.05, 4.69) is 257 Å². The molecule has 0 radical (unpaired) electrons. The van der Waals surface area contributed by atoms with Crippen molar-refractivity contribution >= 4 is 74.3 Å². The maximum atomic E-state index is 2.77. The number of para-hydroxylation sites is 2. The predicted octanol–water partition coefficient (Wildman–Crippen LogP) is 18.5. The molecule has 8 aromatic carbocycles. The van der Waals surface area contributed by atoms with E-state index in [0.717, 1.165) is 44.2 Å². The van der Waals surface area contributed by atoms with Gasteiger partial charge in [-0.3, -0.25) is 0 Å². The Morgan fingerprint density at radius 3 is 1.37 bits per heavy atom. The van der Waals surface area contributed by atoms with Crippen molar-refractivity contribution in [2.45, 2.75) is 174 Å². The molecule has 79 heavy (non-hydrogen) atoms. The van der Waals surface area contributed by atoms with Gasteiger partial charge in [0.15, 0.2) is 0 Å². The number of anilines is 9. The molecule has 0 atom stereocenters. The second kappa shape index (κ2) is 16.9. The van der Waals surface area contributed by atoms with Crippen molar-refractivity contribution in [2.24, 2.45) is 0 Å². The molecule has 0 unspecified atom stereocenters. The molecule has 8 aromatic rings. The molecule has 0 spiro atoms. The number of nitrogens with zero attached hydrogens (tertiary/aromatic N) is 3. The smallest absolute Gasteiger partial charge is 0.252 e. The first kappa shape index (κ1) is 50.4. The van der Waals surface area contributed by atoms with Crippen LogP contribution in [0.2, 0.25) is 0 Å². The fourth-order valence-corrected chi connectivity index (χ4v) is 15.9. The number of fused-ring (bicyclic) bond motifs is 10. The first-order valence-electron chi connectivity index (χ1n) is 29.9. The molecule has 0 amide bonds. The van der Waals surface area contributed by atoms with Crippen LogP contribution in [0.1, 0.15) is 177 Å². The summed E-state index contributed by atoms with van der Waals surface area (Å²) in [6.45, 7) is 34.6. The molecular weight excluding hydrogens is 954 g/mol. The van der Waals surface area contributed by atoms with Crippen molar-refractivity contribution < 1.29 is 0 Å². The van der Waals surface area contributed by atoms with E-state index >= 15 is 0 Å². The van der Waals surface area contributed by atoms with Crippen molar-refractivity contribution in [3.8, 4) is 11.1 Å². The maximum Gasteiger partial charge on any atom is 0.252 e. The van der Waals surface area contributed by atoms with Gasteiger partial charge in [-0.05, 0) is 223 Å². The van der Waals surface area contributed by atoms with Crippen LogP contribution in [0.25, 0.3) is 11.1 Å². The van der Waals surface area contributed by atoms with Gasteiger partial charge in [0, 0.05) is 45.4 Å². The van der Waals surface area contributed by atoms with Gasteiger partial charge in [0.05, 0.1) is 11.4 Å². The van der Waals surface area contributed by atoms with E-state index in [9.17, 15) is 0 Å². The molecule has 0 aromatic heterocycles. The molecule has 398 valence electrons. The number of rotatable bonds is 5. The topological polar surface area (TPSA) is 9.72 Å². The van der Waals surface area contributed by atoms with Gasteiger partial charge in [0.25, 0.3) is 6.71 Å². The molecule has 0 saturated carbocycles. The fourth-order valence-electron chi connectivity index (χ4n) is 15.9. The van der Waals surface area contributed by atoms with Gasteiger partial charge in [0.2, 0.25) is 0 Å². The minimum Gasteiger partial charge on any atom is -0.311 e. The molecule has 0 bridgehead atoms. The third-order valence-corrected chi connectivity index (χ3v) is 21.1. The lowest BCUT2D eigenvalue weighted by atomic mass is 9.32. The molecule has 2 heterocycles. The summed E-state index contributed by atoms with van der Waals surface area (Å²) < 4.78 is 0. The van der Waals surface area contributed by atoms with E-state index in [1.807, 2.05) is 0 Å². The molecule has 2 aliphatic heterocycles. The SMILES string of the molecule is Cc1ccccc1N(c1cc2c3c(c1)N(c1cccc4c1-c1ccccc1C4)c1cc4c(cc1B3c1cc3c(cc1N2c1ccc2c(c1)C(C)(C)CCC2(C)C)C(C)(C)CCC3(C)C)C(C)(C)CCC4(C)C)c1ccccc1C. The van der Waals surface area contributed by atoms with Gasteiger partial charge in [-0.15, -0.1) is 0 Å². The Labute approximate surface area is 473 Å². The second-order valence-electron chi connectivity index (χ2n) is 29.0. The summed E-state index contributed by atoms with van der Waals surface area (Å²) >= 11 is 0. The molecule has 4 heteroatoms. The van der Waals surface area contributed by atoms with Gasteiger partial charge in [0.1, 0.15) is 0 Å². The van der Waals surface area contributed by atoms with Crippen LogP contribution in [0.15, 0.2) is 146 Å². The Kier molecular flexibility index (Phi) is 10.8. The van der Waals surface area contributed by atoms with Crippen molar-refractivity contribution in [1.82, 2.24) is 0 Å². The van der Waals surface area contributed by atoms with Crippen molar-refractivity contribution in [3.63, 3.8) is 0 Å². The molecule has 0 N–H and O–H groups in total. The zero-order valence-electron chi connectivity index (χ0n) is 49.7. The summed E-state index contributed by atoms with van der Waals surface area (Å²) in [4.78, 5) is 8.11. The van der Waals surface area contributed by atoms with E-state index in [1.165, 1.54) is 135 Å². The number of hydrogen-bond acceptors (Lipinski definition) is 3. The highest BCUT2D eigenvalue weighted by molar-refractivity contribution is 7.00. The van der Waals surface area contributed by atoms with E-state index in [4.69, 9.17) is 0 Å². The molecule has 14 rings (SSSR count). The lowest BCUT2D eigenvalue weighted by Gasteiger charge is -2.49. The zero-order valence-corrected chi connectivity index (χ0v) is 49.7. The second-order valence-corrected chi connectivity index (χ2v) is 29.0. The zero-order chi connectivity index (χ0) is 55.1. The third-order valence-electron chi connectivity index (χ3n) is 21.1. The fraction of sp³-hybridized carbons (Fsp3) is 0.360. The van der Waals surface area contributed by atoms with Crippen LogP contribution < -0.4 is 31.1 Å². The highest BCUT2D eigenvalue weighted by Gasteiger charge is 2.50. The van der Waals surface area contributed by atoms with E-state index in [0.29, 0.717) is 0 Å². The highest BCUT2D eigenvalue weighted by atomic mass is 15.2. The van der Waals surface area contributed by atoms with Gasteiger partial charge in [-0.25, -0.2) is 0 Å². The molecule has 6 aliphatic rings. The van der Waals surface area contributed by atoms with Crippen molar-refractivity contribution in [2.75, 3.05) is 14.7 Å².